The second-order valence-electron chi connectivity index (χ2n) is 8.80. The fraction of sp³-hybridized carbons (Fsp3) is 0.348. The van der Waals surface area contributed by atoms with Crippen LogP contribution in [0.15, 0.2) is 42.5 Å². The normalized spacial score (nSPS) is 29.9. The van der Waals surface area contributed by atoms with Gasteiger partial charge in [0.25, 0.3) is 5.69 Å². The summed E-state index contributed by atoms with van der Waals surface area (Å²) in [5, 5.41) is 14.3. The van der Waals surface area contributed by atoms with E-state index in [2.05, 4.69) is 5.32 Å². The predicted molar refractivity (Wildman–Crippen MR) is 116 cm³/mol. The summed E-state index contributed by atoms with van der Waals surface area (Å²) in [4.78, 5) is 55.1. The maximum absolute atomic E-state index is 14.0. The van der Waals surface area contributed by atoms with Gasteiger partial charge in [-0.3, -0.25) is 29.4 Å². The van der Waals surface area contributed by atoms with Crippen LogP contribution in [0.3, 0.4) is 0 Å². The van der Waals surface area contributed by atoms with Crippen molar-refractivity contribution >= 4 is 34.8 Å². The number of carbonyl (C=O) groups is 3. The van der Waals surface area contributed by atoms with Gasteiger partial charge in [0.05, 0.1) is 23.9 Å². The van der Waals surface area contributed by atoms with Crippen molar-refractivity contribution in [3.63, 3.8) is 0 Å². The molecule has 3 saturated heterocycles. The number of imide groups is 1. The number of nitrogens with zero attached hydrogens (tertiary/aromatic N) is 3. The predicted octanol–water partition coefficient (Wildman–Crippen LogP) is 2.03. The van der Waals surface area contributed by atoms with Gasteiger partial charge in [0, 0.05) is 29.4 Å². The van der Waals surface area contributed by atoms with Crippen LogP contribution < -0.4 is 15.0 Å². The average molecular weight is 448 g/mol. The van der Waals surface area contributed by atoms with Crippen molar-refractivity contribution in [1.82, 2.24) is 4.90 Å². The summed E-state index contributed by atoms with van der Waals surface area (Å²) in [5.74, 6) is -2.77. The van der Waals surface area contributed by atoms with Crippen molar-refractivity contribution < 1.29 is 24.0 Å². The van der Waals surface area contributed by atoms with Crippen LogP contribution in [-0.4, -0.2) is 47.2 Å². The Bertz CT molecular complexity index is 1260. The lowest BCUT2D eigenvalue weighted by molar-refractivity contribution is -0.384. The van der Waals surface area contributed by atoms with Crippen molar-refractivity contribution in [2.45, 2.75) is 24.4 Å². The van der Waals surface area contributed by atoms with Crippen LogP contribution in [0.5, 0.6) is 5.75 Å². The Morgan fingerprint density at radius 2 is 1.94 bits per heavy atom. The van der Waals surface area contributed by atoms with E-state index < -0.39 is 34.1 Å². The number of hydrogen-bond donors (Lipinski definition) is 1. The molecule has 10 nitrogen and oxygen atoms in total. The first-order chi connectivity index (χ1) is 15.9. The van der Waals surface area contributed by atoms with Gasteiger partial charge in [-0.15, -0.1) is 0 Å². The summed E-state index contributed by atoms with van der Waals surface area (Å²) in [5.41, 5.74) is -0.173. The molecular formula is C23H20N4O6. The van der Waals surface area contributed by atoms with Crippen molar-refractivity contribution in [2.24, 2.45) is 11.8 Å². The minimum Gasteiger partial charge on any atom is -0.495 e. The van der Waals surface area contributed by atoms with Gasteiger partial charge < -0.3 is 10.1 Å². The second-order valence-corrected chi connectivity index (χ2v) is 8.80. The summed E-state index contributed by atoms with van der Waals surface area (Å²) in [6.07, 6.45) is 1.50. The molecule has 1 spiro atoms. The highest BCUT2D eigenvalue weighted by Crippen LogP contribution is 2.61. The second kappa shape index (κ2) is 6.61. The molecule has 0 bridgehead atoms. The SMILES string of the molecule is COc1ccc([N+](=O)[O-])cc1N1C(=O)[C@H]2[C@@H](C1=O)[C@@]1(C(=O)Nc3ccccc31)N1CCC[C@@H]21. The first-order valence-electron chi connectivity index (χ1n) is 10.8. The van der Waals surface area contributed by atoms with Gasteiger partial charge in [-0.05, 0) is 31.5 Å². The standard InChI is InChI=1S/C23H20N4O6/c1-33-17-9-8-12(27(31)32)11-16(17)26-20(28)18-15-7-4-10-25(15)23(19(18)21(26)29)13-5-2-3-6-14(13)24-22(23)30/h2-3,5-6,8-9,11,15,18-19H,4,7,10H2,1H3,(H,24,30)/t15-,18+,19-,23-/m0/s1. The molecule has 4 heterocycles. The molecule has 33 heavy (non-hydrogen) atoms. The number of rotatable bonds is 3. The average Bonchev–Trinajstić information content (AvgIpc) is 3.51. The van der Waals surface area contributed by atoms with Crippen molar-refractivity contribution in [2.75, 3.05) is 23.9 Å². The molecule has 2 aromatic rings. The Morgan fingerprint density at radius 1 is 1.15 bits per heavy atom. The molecule has 3 amide bonds. The number of carbonyl (C=O) groups excluding carboxylic acids is 3. The molecule has 10 heteroatoms. The van der Waals surface area contributed by atoms with Crippen molar-refractivity contribution in [3.8, 4) is 5.75 Å². The van der Waals surface area contributed by atoms with Crippen LogP contribution in [0.2, 0.25) is 0 Å². The smallest absolute Gasteiger partial charge is 0.271 e. The van der Waals surface area contributed by atoms with E-state index in [4.69, 9.17) is 4.74 Å². The van der Waals surface area contributed by atoms with E-state index in [9.17, 15) is 24.5 Å². The highest BCUT2D eigenvalue weighted by Gasteiger charge is 2.74. The molecule has 2 aromatic carbocycles. The summed E-state index contributed by atoms with van der Waals surface area (Å²) in [6.45, 7) is 0.611. The maximum Gasteiger partial charge on any atom is 0.271 e. The van der Waals surface area contributed by atoms with Crippen LogP contribution in [0.25, 0.3) is 0 Å². The zero-order valence-electron chi connectivity index (χ0n) is 17.7. The fourth-order valence-corrected chi connectivity index (χ4v) is 6.36. The highest BCUT2D eigenvalue weighted by molar-refractivity contribution is 6.26. The molecule has 0 radical (unpaired) electrons. The number of anilines is 2. The molecule has 4 aliphatic rings. The summed E-state index contributed by atoms with van der Waals surface area (Å²) < 4.78 is 5.33. The molecule has 0 unspecified atom stereocenters. The molecule has 4 aliphatic heterocycles. The molecule has 0 saturated carbocycles. The van der Waals surface area contributed by atoms with E-state index in [0.717, 1.165) is 11.3 Å². The Hall–Kier alpha value is -3.79. The number of para-hydroxylation sites is 1. The van der Waals surface area contributed by atoms with Gasteiger partial charge in [0.1, 0.15) is 17.0 Å². The number of benzene rings is 2. The molecule has 4 atom stereocenters. The van der Waals surface area contributed by atoms with Crippen LogP contribution in [0, 0.1) is 22.0 Å². The van der Waals surface area contributed by atoms with Crippen LogP contribution in [0.4, 0.5) is 17.1 Å². The third-order valence-corrected chi connectivity index (χ3v) is 7.51. The molecule has 0 aromatic heterocycles. The van der Waals surface area contributed by atoms with Crippen molar-refractivity contribution in [3.05, 3.63) is 58.1 Å². The zero-order chi connectivity index (χ0) is 23.1. The first-order valence-corrected chi connectivity index (χ1v) is 10.8. The van der Waals surface area contributed by atoms with Gasteiger partial charge in [0.2, 0.25) is 17.7 Å². The van der Waals surface area contributed by atoms with E-state index in [-0.39, 0.29) is 29.1 Å². The molecule has 168 valence electrons. The van der Waals surface area contributed by atoms with E-state index >= 15 is 0 Å². The monoisotopic (exact) mass is 448 g/mol. The number of amides is 3. The van der Waals surface area contributed by atoms with E-state index in [1.54, 1.807) is 6.07 Å². The molecule has 0 aliphatic carbocycles. The number of methoxy groups -OCH3 is 1. The minimum atomic E-state index is -1.28. The van der Waals surface area contributed by atoms with Crippen LogP contribution >= 0.6 is 0 Å². The zero-order valence-corrected chi connectivity index (χ0v) is 17.7. The first kappa shape index (κ1) is 19.9. The Kier molecular flexibility index (Phi) is 3.98. The fourth-order valence-electron chi connectivity index (χ4n) is 6.36. The van der Waals surface area contributed by atoms with Gasteiger partial charge in [0.15, 0.2) is 0 Å². The highest BCUT2D eigenvalue weighted by atomic mass is 16.6. The maximum atomic E-state index is 14.0. The number of ether oxygens (including phenoxy) is 1. The van der Waals surface area contributed by atoms with E-state index in [1.807, 2.05) is 23.1 Å². The minimum absolute atomic E-state index is 0.0301. The molecule has 1 N–H and O–H groups in total. The Balaban J connectivity index is 1.55. The lowest BCUT2D eigenvalue weighted by Crippen LogP contribution is -2.54. The van der Waals surface area contributed by atoms with Crippen molar-refractivity contribution in [1.29, 1.82) is 0 Å². The number of nitrogens with one attached hydrogen (secondary N) is 1. The molecule has 6 rings (SSSR count). The van der Waals surface area contributed by atoms with Crippen LogP contribution in [-0.2, 0) is 19.9 Å². The number of fused-ring (bicyclic) bond motifs is 7. The van der Waals surface area contributed by atoms with Crippen LogP contribution in [0.1, 0.15) is 18.4 Å². The summed E-state index contributed by atoms with van der Waals surface area (Å²) in [7, 11) is 1.37. The Morgan fingerprint density at radius 3 is 2.70 bits per heavy atom. The number of hydrogen-bond acceptors (Lipinski definition) is 7. The van der Waals surface area contributed by atoms with Gasteiger partial charge in [-0.2, -0.15) is 0 Å². The lowest BCUT2D eigenvalue weighted by Gasteiger charge is -2.36. The van der Waals surface area contributed by atoms with Gasteiger partial charge in [-0.1, -0.05) is 18.2 Å². The number of non-ortho nitro benzene ring substituents is 1. The largest absolute Gasteiger partial charge is 0.495 e. The van der Waals surface area contributed by atoms with E-state index in [0.29, 0.717) is 24.2 Å². The van der Waals surface area contributed by atoms with E-state index in [1.165, 1.54) is 25.3 Å². The van der Waals surface area contributed by atoms with Gasteiger partial charge in [-0.25, -0.2) is 4.90 Å². The summed E-state index contributed by atoms with van der Waals surface area (Å²) >= 11 is 0. The summed E-state index contributed by atoms with van der Waals surface area (Å²) in [6, 6.07) is 10.8. The third-order valence-electron chi connectivity index (χ3n) is 7.51. The number of nitro benzene ring substituents is 1. The van der Waals surface area contributed by atoms with Gasteiger partial charge >= 0.3 is 0 Å². The Labute approximate surface area is 188 Å². The molecular weight excluding hydrogens is 428 g/mol. The lowest BCUT2D eigenvalue weighted by atomic mass is 9.75. The molecule has 3 fully saturated rings. The third kappa shape index (κ3) is 2.28. The number of nitro groups is 1. The quantitative estimate of drug-likeness (QED) is 0.433. The topological polar surface area (TPSA) is 122 Å².